The van der Waals surface area contributed by atoms with E-state index in [1.807, 2.05) is 0 Å². The van der Waals surface area contributed by atoms with E-state index in [9.17, 15) is 23.1 Å². The third-order valence-electron chi connectivity index (χ3n) is 4.24. The van der Waals surface area contributed by atoms with Crippen molar-refractivity contribution in [3.63, 3.8) is 0 Å². The fraction of sp³-hybridized carbons (Fsp3) is 0.350. The Labute approximate surface area is 171 Å². The van der Waals surface area contributed by atoms with Gasteiger partial charge in [-0.15, -0.1) is 0 Å². The number of hydrogen-bond acceptors (Lipinski definition) is 4. The zero-order valence-electron chi connectivity index (χ0n) is 15.6. The molecular formula is C20H22ClF3N2O3. The number of rotatable bonds is 9. The Morgan fingerprint density at radius 1 is 1.17 bits per heavy atom. The highest BCUT2D eigenvalue weighted by atomic mass is 35.5. The highest BCUT2D eigenvalue weighted by Crippen LogP contribution is 2.35. The van der Waals surface area contributed by atoms with E-state index in [1.165, 1.54) is 12.1 Å². The summed E-state index contributed by atoms with van der Waals surface area (Å²) in [7, 11) is 0. The maximum Gasteiger partial charge on any atom is 0.418 e. The third-order valence-corrected chi connectivity index (χ3v) is 4.47. The molecule has 0 aromatic heterocycles. The summed E-state index contributed by atoms with van der Waals surface area (Å²) in [6, 6.07) is 9.97. The number of hydrogen-bond donors (Lipinski definition) is 4. The second-order valence-corrected chi connectivity index (χ2v) is 7.15. The summed E-state index contributed by atoms with van der Waals surface area (Å²) in [5.74, 6) is -1.20. The first kappa shape index (κ1) is 23.0. The van der Waals surface area contributed by atoms with Crippen molar-refractivity contribution >= 4 is 23.3 Å². The first-order valence-corrected chi connectivity index (χ1v) is 9.26. The SMILES string of the molecule is CC(CNc1ccc(CC(=O)O)cc1C(F)(F)F)NCC(O)c1cccc(Cl)c1. The fourth-order valence-electron chi connectivity index (χ4n) is 2.74. The highest BCUT2D eigenvalue weighted by molar-refractivity contribution is 6.30. The number of anilines is 1. The first-order chi connectivity index (χ1) is 13.6. The number of carbonyl (C=O) groups is 1. The van der Waals surface area contributed by atoms with Gasteiger partial charge in [0, 0.05) is 29.8 Å². The Bertz CT molecular complexity index is 846. The Hall–Kier alpha value is -2.29. The van der Waals surface area contributed by atoms with Crippen molar-refractivity contribution < 1.29 is 28.2 Å². The molecule has 0 heterocycles. The summed E-state index contributed by atoms with van der Waals surface area (Å²) < 4.78 is 40.0. The number of nitrogens with one attached hydrogen (secondary N) is 2. The molecular weight excluding hydrogens is 409 g/mol. The average Bonchev–Trinajstić information content (AvgIpc) is 2.63. The molecule has 29 heavy (non-hydrogen) atoms. The smallest absolute Gasteiger partial charge is 0.418 e. The molecule has 2 aromatic carbocycles. The van der Waals surface area contributed by atoms with Gasteiger partial charge in [0.05, 0.1) is 18.1 Å². The Morgan fingerprint density at radius 2 is 1.90 bits per heavy atom. The molecule has 4 N–H and O–H groups in total. The molecule has 0 radical (unpaired) electrons. The van der Waals surface area contributed by atoms with Crippen LogP contribution < -0.4 is 10.6 Å². The topological polar surface area (TPSA) is 81.6 Å². The van der Waals surface area contributed by atoms with E-state index in [1.54, 1.807) is 31.2 Å². The predicted octanol–water partition coefficient (Wildman–Crippen LogP) is 4.11. The molecule has 5 nitrogen and oxygen atoms in total. The Kier molecular flexibility index (Phi) is 7.89. The zero-order chi connectivity index (χ0) is 21.6. The molecule has 0 bridgehead atoms. The minimum absolute atomic E-state index is 0.0752. The van der Waals surface area contributed by atoms with Crippen LogP contribution >= 0.6 is 11.6 Å². The van der Waals surface area contributed by atoms with Crippen LogP contribution in [0.4, 0.5) is 18.9 Å². The molecule has 0 saturated carbocycles. The van der Waals surface area contributed by atoms with Crippen molar-refractivity contribution in [1.29, 1.82) is 0 Å². The summed E-state index contributed by atoms with van der Waals surface area (Å²) in [4.78, 5) is 10.7. The van der Waals surface area contributed by atoms with Crippen molar-refractivity contribution in [3.8, 4) is 0 Å². The lowest BCUT2D eigenvalue weighted by Gasteiger charge is -2.20. The summed E-state index contributed by atoms with van der Waals surface area (Å²) >= 11 is 5.89. The molecule has 0 amide bonds. The minimum Gasteiger partial charge on any atom is -0.481 e. The summed E-state index contributed by atoms with van der Waals surface area (Å²) in [5.41, 5.74) is -0.331. The number of carboxylic acids is 1. The Balaban J connectivity index is 1.96. The molecule has 2 rings (SSSR count). The van der Waals surface area contributed by atoms with Gasteiger partial charge in [-0.25, -0.2) is 0 Å². The molecule has 2 atom stereocenters. The summed E-state index contributed by atoms with van der Waals surface area (Å²) in [6.07, 6.45) is -5.91. The third kappa shape index (κ3) is 7.23. The number of benzene rings is 2. The van der Waals surface area contributed by atoms with Gasteiger partial charge in [-0.3, -0.25) is 4.79 Å². The van der Waals surface area contributed by atoms with Crippen LogP contribution in [0.5, 0.6) is 0 Å². The van der Waals surface area contributed by atoms with Crippen molar-refractivity contribution in [2.45, 2.75) is 31.7 Å². The van der Waals surface area contributed by atoms with Crippen LogP contribution in [0, 0.1) is 0 Å². The van der Waals surface area contributed by atoms with E-state index in [2.05, 4.69) is 10.6 Å². The van der Waals surface area contributed by atoms with Crippen molar-refractivity contribution in [3.05, 3.63) is 64.2 Å². The van der Waals surface area contributed by atoms with Crippen LogP contribution in [0.3, 0.4) is 0 Å². The van der Waals surface area contributed by atoms with E-state index < -0.39 is 30.2 Å². The molecule has 2 unspecified atom stereocenters. The van der Waals surface area contributed by atoms with Gasteiger partial charge >= 0.3 is 12.1 Å². The van der Waals surface area contributed by atoms with Crippen molar-refractivity contribution in [1.82, 2.24) is 5.32 Å². The molecule has 0 spiro atoms. The van der Waals surface area contributed by atoms with Gasteiger partial charge in [0.25, 0.3) is 0 Å². The van der Waals surface area contributed by atoms with Crippen LogP contribution in [0.1, 0.15) is 29.7 Å². The monoisotopic (exact) mass is 430 g/mol. The molecule has 2 aromatic rings. The van der Waals surface area contributed by atoms with E-state index in [0.29, 0.717) is 10.6 Å². The largest absolute Gasteiger partial charge is 0.481 e. The zero-order valence-corrected chi connectivity index (χ0v) is 16.4. The number of carboxylic acid groups (broad SMARTS) is 1. The lowest BCUT2D eigenvalue weighted by atomic mass is 10.1. The van der Waals surface area contributed by atoms with Crippen LogP contribution in [-0.4, -0.2) is 35.3 Å². The van der Waals surface area contributed by atoms with Gasteiger partial charge in [0.1, 0.15) is 0 Å². The molecule has 0 fully saturated rings. The lowest BCUT2D eigenvalue weighted by molar-refractivity contribution is -0.138. The maximum atomic E-state index is 13.3. The molecule has 0 aliphatic carbocycles. The average molecular weight is 431 g/mol. The molecule has 9 heteroatoms. The molecule has 0 saturated heterocycles. The summed E-state index contributed by atoms with van der Waals surface area (Å²) in [6.45, 7) is 2.14. The lowest BCUT2D eigenvalue weighted by Crippen LogP contribution is -2.35. The van der Waals surface area contributed by atoms with Crippen LogP contribution in [0.2, 0.25) is 5.02 Å². The van der Waals surface area contributed by atoms with Gasteiger partial charge in [-0.1, -0.05) is 29.8 Å². The minimum atomic E-state index is -4.61. The standard InChI is InChI=1S/C20H22ClF3N2O3/c1-12(25-11-18(27)14-3-2-4-15(21)9-14)10-26-17-6-5-13(8-19(28)29)7-16(17)20(22,23)24/h2-7,9,12,18,25-27H,8,10-11H2,1H3,(H,28,29). The molecule has 0 aliphatic heterocycles. The summed E-state index contributed by atoms with van der Waals surface area (Å²) in [5, 5.41) is 25.3. The number of halogens is 4. The number of aliphatic carboxylic acids is 1. The van der Waals surface area contributed by atoms with E-state index in [0.717, 1.165) is 6.07 Å². The van der Waals surface area contributed by atoms with Gasteiger partial charge in [0.2, 0.25) is 0 Å². The normalized spacial score (nSPS) is 13.7. The van der Waals surface area contributed by atoms with Crippen molar-refractivity contribution in [2.24, 2.45) is 0 Å². The predicted molar refractivity (Wildman–Crippen MR) is 105 cm³/mol. The number of alkyl halides is 3. The van der Waals surface area contributed by atoms with Crippen molar-refractivity contribution in [2.75, 3.05) is 18.4 Å². The second kappa shape index (κ2) is 9.96. The van der Waals surface area contributed by atoms with E-state index in [4.69, 9.17) is 16.7 Å². The first-order valence-electron chi connectivity index (χ1n) is 8.89. The van der Waals surface area contributed by atoms with Gasteiger partial charge < -0.3 is 20.8 Å². The quantitative estimate of drug-likeness (QED) is 0.481. The number of aliphatic hydroxyl groups excluding tert-OH is 1. The molecule has 0 aliphatic rings. The second-order valence-electron chi connectivity index (χ2n) is 6.71. The van der Waals surface area contributed by atoms with Gasteiger partial charge in [-0.2, -0.15) is 13.2 Å². The van der Waals surface area contributed by atoms with E-state index in [-0.39, 0.29) is 30.4 Å². The number of aliphatic hydroxyl groups is 1. The maximum absolute atomic E-state index is 13.3. The van der Waals surface area contributed by atoms with Crippen LogP contribution in [0.25, 0.3) is 0 Å². The fourth-order valence-corrected chi connectivity index (χ4v) is 2.94. The Morgan fingerprint density at radius 3 is 2.52 bits per heavy atom. The van der Waals surface area contributed by atoms with Gasteiger partial charge in [-0.05, 0) is 42.3 Å². The van der Waals surface area contributed by atoms with Crippen LogP contribution in [-0.2, 0) is 17.4 Å². The van der Waals surface area contributed by atoms with Crippen LogP contribution in [0.15, 0.2) is 42.5 Å². The molecule has 158 valence electrons. The highest BCUT2D eigenvalue weighted by Gasteiger charge is 2.34. The van der Waals surface area contributed by atoms with E-state index >= 15 is 0 Å². The van der Waals surface area contributed by atoms with Gasteiger partial charge in [0.15, 0.2) is 0 Å².